The Morgan fingerprint density at radius 3 is 2.63 bits per heavy atom. The molecule has 1 amide bonds. The zero-order valence-electron chi connectivity index (χ0n) is 15.6. The Bertz CT molecular complexity index is 1180. The van der Waals surface area contributed by atoms with Crippen LogP contribution in [0.2, 0.25) is 0 Å². The maximum absolute atomic E-state index is 13.1. The number of rotatable bonds is 5. The summed E-state index contributed by atoms with van der Waals surface area (Å²) < 4.78 is 13.1. The van der Waals surface area contributed by atoms with E-state index in [0.29, 0.717) is 17.8 Å². The molecule has 7 nitrogen and oxygen atoms in total. The van der Waals surface area contributed by atoms with Crippen LogP contribution in [-0.2, 0) is 11.3 Å². The lowest BCUT2D eigenvalue weighted by Crippen LogP contribution is -2.30. The van der Waals surface area contributed by atoms with E-state index in [1.165, 1.54) is 21.9 Å². The third-order valence-corrected chi connectivity index (χ3v) is 6.57. The number of hydrazone groups is 1. The lowest BCUT2D eigenvalue weighted by Gasteiger charge is -2.20. The smallest absolute Gasteiger partial charge is 0.266 e. The van der Waals surface area contributed by atoms with Crippen LogP contribution >= 0.6 is 22.7 Å². The van der Waals surface area contributed by atoms with E-state index >= 15 is 0 Å². The van der Waals surface area contributed by atoms with Gasteiger partial charge < -0.3 is 0 Å². The Morgan fingerprint density at radius 1 is 1.10 bits per heavy atom. The van der Waals surface area contributed by atoms with Gasteiger partial charge in [-0.3, -0.25) is 4.79 Å². The molecule has 0 aliphatic carbocycles. The van der Waals surface area contributed by atoms with Crippen LogP contribution in [0.1, 0.15) is 22.2 Å². The summed E-state index contributed by atoms with van der Waals surface area (Å²) in [6.07, 6.45) is 0.665. The van der Waals surface area contributed by atoms with Crippen LogP contribution in [0.25, 0.3) is 11.4 Å². The number of thiophene rings is 2. The fourth-order valence-corrected chi connectivity index (χ4v) is 4.79. The SMILES string of the molecule is O=C(Cn1nnc(-c2ccc(F)cc2)n1)N1N=C(c2cccs2)C[C@H]1c1cccs1. The third kappa shape index (κ3) is 3.66. The van der Waals surface area contributed by atoms with Crippen LogP contribution < -0.4 is 0 Å². The lowest BCUT2D eigenvalue weighted by molar-refractivity contribution is -0.134. The van der Waals surface area contributed by atoms with Gasteiger partial charge in [0.1, 0.15) is 12.4 Å². The second-order valence-corrected chi connectivity index (χ2v) is 8.57. The molecule has 0 saturated carbocycles. The maximum atomic E-state index is 13.1. The number of aromatic nitrogens is 4. The zero-order valence-corrected chi connectivity index (χ0v) is 17.2. The number of benzene rings is 1. The van der Waals surface area contributed by atoms with Crippen LogP contribution in [-0.4, -0.2) is 36.8 Å². The highest BCUT2D eigenvalue weighted by molar-refractivity contribution is 7.12. The van der Waals surface area contributed by atoms with Crippen LogP contribution in [0.4, 0.5) is 4.39 Å². The lowest BCUT2D eigenvalue weighted by atomic mass is 10.1. The molecule has 1 atom stereocenters. The quantitative estimate of drug-likeness (QED) is 0.472. The molecule has 10 heteroatoms. The molecule has 4 aromatic rings. The van der Waals surface area contributed by atoms with Gasteiger partial charge >= 0.3 is 0 Å². The van der Waals surface area contributed by atoms with Gasteiger partial charge in [-0.15, -0.1) is 32.9 Å². The Balaban J connectivity index is 1.38. The highest BCUT2D eigenvalue weighted by Gasteiger charge is 2.34. The molecular weight excluding hydrogens is 423 g/mol. The zero-order chi connectivity index (χ0) is 20.5. The van der Waals surface area contributed by atoms with Crippen molar-refractivity contribution in [1.82, 2.24) is 25.2 Å². The van der Waals surface area contributed by atoms with Crippen molar-refractivity contribution in [3.63, 3.8) is 0 Å². The predicted molar refractivity (Wildman–Crippen MR) is 113 cm³/mol. The standard InChI is InChI=1S/C20H15FN6OS2/c21-14-7-5-13(6-8-14)20-22-25-26(24-20)12-19(28)27-16(18-4-2-10-30-18)11-15(23-27)17-3-1-9-29-17/h1-10,16H,11-12H2/t16-/m0/s1. The van der Waals surface area contributed by atoms with E-state index in [1.54, 1.807) is 34.8 Å². The number of tetrazole rings is 1. The molecule has 5 rings (SSSR count). The number of carbonyl (C=O) groups is 1. The third-order valence-electron chi connectivity index (χ3n) is 4.68. The predicted octanol–water partition coefficient (Wildman–Crippen LogP) is 3.98. The van der Waals surface area contributed by atoms with Crippen molar-refractivity contribution >= 4 is 34.3 Å². The number of carbonyl (C=O) groups excluding carboxylic acids is 1. The maximum Gasteiger partial charge on any atom is 0.266 e. The molecule has 0 spiro atoms. The molecule has 0 bridgehead atoms. The molecule has 1 aliphatic rings. The van der Waals surface area contributed by atoms with Gasteiger partial charge in [0.15, 0.2) is 0 Å². The molecule has 4 heterocycles. The molecule has 3 aromatic heterocycles. The first-order chi connectivity index (χ1) is 14.7. The van der Waals surface area contributed by atoms with Crippen molar-refractivity contribution in [3.8, 4) is 11.4 Å². The molecule has 0 unspecified atom stereocenters. The normalized spacial score (nSPS) is 16.1. The second kappa shape index (κ2) is 7.88. The van der Waals surface area contributed by atoms with Crippen molar-refractivity contribution in [2.45, 2.75) is 19.0 Å². The van der Waals surface area contributed by atoms with Gasteiger partial charge in [0.05, 0.1) is 16.6 Å². The van der Waals surface area contributed by atoms with Gasteiger partial charge in [0.25, 0.3) is 5.91 Å². The fourth-order valence-electron chi connectivity index (χ4n) is 3.25. The molecule has 30 heavy (non-hydrogen) atoms. The molecule has 1 aromatic carbocycles. The minimum Gasteiger partial charge on any atom is -0.271 e. The first-order valence-electron chi connectivity index (χ1n) is 9.18. The number of nitrogens with zero attached hydrogens (tertiary/aromatic N) is 6. The Labute approximate surface area is 179 Å². The van der Waals surface area contributed by atoms with Crippen molar-refractivity contribution in [1.29, 1.82) is 0 Å². The summed E-state index contributed by atoms with van der Waals surface area (Å²) in [4.78, 5) is 16.5. The average Bonchev–Trinajstić information content (AvgIpc) is 3.55. The summed E-state index contributed by atoms with van der Waals surface area (Å²) in [6, 6.07) is 13.6. The van der Waals surface area contributed by atoms with E-state index in [-0.39, 0.29) is 24.3 Å². The molecular formula is C20H15FN6OS2. The Morgan fingerprint density at radius 2 is 1.90 bits per heavy atom. The van der Waals surface area contributed by atoms with Crippen molar-refractivity contribution < 1.29 is 9.18 Å². The largest absolute Gasteiger partial charge is 0.271 e. The van der Waals surface area contributed by atoms with Gasteiger partial charge in [0, 0.05) is 16.9 Å². The first kappa shape index (κ1) is 18.8. The molecule has 0 radical (unpaired) electrons. The summed E-state index contributed by atoms with van der Waals surface area (Å²) in [5.41, 5.74) is 1.53. The van der Waals surface area contributed by atoms with E-state index in [0.717, 1.165) is 15.5 Å². The summed E-state index contributed by atoms with van der Waals surface area (Å²) in [5, 5.41) is 22.4. The van der Waals surface area contributed by atoms with Crippen LogP contribution in [0.5, 0.6) is 0 Å². The van der Waals surface area contributed by atoms with E-state index in [1.807, 2.05) is 35.0 Å². The van der Waals surface area contributed by atoms with Crippen molar-refractivity contribution in [3.05, 3.63) is 74.9 Å². The van der Waals surface area contributed by atoms with E-state index < -0.39 is 0 Å². The van der Waals surface area contributed by atoms with E-state index in [2.05, 4.69) is 20.5 Å². The molecule has 1 aliphatic heterocycles. The van der Waals surface area contributed by atoms with Crippen LogP contribution in [0.3, 0.4) is 0 Å². The number of hydrogen-bond donors (Lipinski definition) is 0. The number of amides is 1. The van der Waals surface area contributed by atoms with Crippen molar-refractivity contribution in [2.24, 2.45) is 5.10 Å². The monoisotopic (exact) mass is 438 g/mol. The van der Waals surface area contributed by atoms with Crippen LogP contribution in [0, 0.1) is 5.82 Å². The molecule has 0 fully saturated rings. The highest BCUT2D eigenvalue weighted by Crippen LogP contribution is 2.36. The van der Waals surface area contributed by atoms with Crippen LogP contribution in [0.15, 0.2) is 64.4 Å². The van der Waals surface area contributed by atoms with Gasteiger partial charge in [-0.25, -0.2) is 9.40 Å². The topological polar surface area (TPSA) is 76.3 Å². The summed E-state index contributed by atoms with van der Waals surface area (Å²) in [5.74, 6) is -0.223. The van der Waals surface area contributed by atoms with Gasteiger partial charge in [-0.05, 0) is 52.4 Å². The Hall–Kier alpha value is -3.24. The number of halogens is 1. The Kier molecular flexibility index (Phi) is 4.93. The average molecular weight is 439 g/mol. The van der Waals surface area contributed by atoms with E-state index in [9.17, 15) is 9.18 Å². The fraction of sp³-hybridized carbons (Fsp3) is 0.150. The van der Waals surface area contributed by atoms with Gasteiger partial charge in [-0.2, -0.15) is 9.90 Å². The highest BCUT2D eigenvalue weighted by atomic mass is 32.1. The summed E-state index contributed by atoms with van der Waals surface area (Å²) in [6.45, 7) is -0.0860. The minimum absolute atomic E-state index is 0.0860. The second-order valence-electron chi connectivity index (χ2n) is 6.65. The van der Waals surface area contributed by atoms with Crippen molar-refractivity contribution in [2.75, 3.05) is 0 Å². The molecule has 0 saturated heterocycles. The summed E-state index contributed by atoms with van der Waals surface area (Å²) >= 11 is 3.21. The van der Waals surface area contributed by atoms with E-state index in [4.69, 9.17) is 0 Å². The van der Waals surface area contributed by atoms with Gasteiger partial charge in [-0.1, -0.05) is 12.1 Å². The minimum atomic E-state index is -0.339. The summed E-state index contributed by atoms with van der Waals surface area (Å²) in [7, 11) is 0. The molecule has 0 N–H and O–H groups in total. The number of hydrogen-bond acceptors (Lipinski definition) is 7. The van der Waals surface area contributed by atoms with Gasteiger partial charge in [0.2, 0.25) is 5.82 Å². The molecule has 150 valence electrons. The first-order valence-corrected chi connectivity index (χ1v) is 10.9.